The largest absolute Gasteiger partial charge is 0.505 e. The number of hydrogen-bond acceptors (Lipinski definition) is 7. The Morgan fingerprint density at radius 3 is 2.45 bits per heavy atom. The number of hydrogen-bond donors (Lipinski definition) is 2. The van der Waals surface area contributed by atoms with Crippen LogP contribution in [0, 0.1) is 0 Å². The molecule has 0 atom stereocenters. The van der Waals surface area contributed by atoms with E-state index in [0.717, 1.165) is 0 Å². The third-order valence-electron chi connectivity index (χ3n) is 4.01. The van der Waals surface area contributed by atoms with Gasteiger partial charge in [0.2, 0.25) is 0 Å². The lowest BCUT2D eigenvalue weighted by atomic mass is 10.1. The Morgan fingerprint density at radius 2 is 1.76 bits per heavy atom. The van der Waals surface area contributed by atoms with Crippen LogP contribution in [0.2, 0.25) is 0 Å². The molecule has 0 saturated carbocycles. The van der Waals surface area contributed by atoms with Crippen molar-refractivity contribution in [1.82, 2.24) is 0 Å². The van der Waals surface area contributed by atoms with E-state index in [1.54, 1.807) is 18.2 Å². The Kier molecular flexibility index (Phi) is 5.69. The minimum atomic E-state index is -3.63. The van der Waals surface area contributed by atoms with E-state index in [9.17, 15) is 23.1 Å². The van der Waals surface area contributed by atoms with Crippen molar-refractivity contribution in [3.05, 3.63) is 77.7 Å². The number of furan rings is 1. The first-order chi connectivity index (χ1) is 13.8. The van der Waals surface area contributed by atoms with Crippen molar-refractivity contribution < 1.29 is 32.3 Å². The van der Waals surface area contributed by atoms with Gasteiger partial charge < -0.3 is 19.6 Å². The van der Waals surface area contributed by atoms with E-state index >= 15 is 0 Å². The number of methoxy groups -OCH3 is 1. The summed E-state index contributed by atoms with van der Waals surface area (Å²) in [5.41, 5.74) is -0.132. The van der Waals surface area contributed by atoms with E-state index in [-0.39, 0.29) is 27.7 Å². The summed E-state index contributed by atoms with van der Waals surface area (Å²) in [4.78, 5) is 24.2. The molecule has 1 heterocycles. The lowest BCUT2D eigenvalue weighted by molar-refractivity contribution is 0.0597. The summed E-state index contributed by atoms with van der Waals surface area (Å²) in [5.74, 6) is -2.40. The fourth-order valence-corrected chi connectivity index (χ4v) is 3.85. The molecule has 0 aliphatic rings. The van der Waals surface area contributed by atoms with Crippen LogP contribution in [0.15, 0.2) is 70.0 Å². The number of esters is 1. The zero-order valence-electron chi connectivity index (χ0n) is 15.3. The molecule has 1 amide bonds. The van der Waals surface area contributed by atoms with Crippen LogP contribution in [0.3, 0.4) is 0 Å². The van der Waals surface area contributed by atoms with Gasteiger partial charge in [0.25, 0.3) is 5.91 Å². The van der Waals surface area contributed by atoms with Crippen molar-refractivity contribution in [3.63, 3.8) is 0 Å². The summed E-state index contributed by atoms with van der Waals surface area (Å²) >= 11 is 0. The number of benzene rings is 2. The van der Waals surface area contributed by atoms with E-state index in [2.05, 4.69) is 10.1 Å². The van der Waals surface area contributed by atoms with Gasteiger partial charge in [-0.3, -0.25) is 4.79 Å². The summed E-state index contributed by atoms with van der Waals surface area (Å²) in [6, 6.07) is 14.8. The Hall–Kier alpha value is -3.59. The van der Waals surface area contributed by atoms with Crippen molar-refractivity contribution in [1.29, 1.82) is 0 Å². The zero-order chi connectivity index (χ0) is 21.0. The lowest BCUT2D eigenvalue weighted by Gasteiger charge is -2.09. The van der Waals surface area contributed by atoms with Gasteiger partial charge in [-0.25, -0.2) is 13.2 Å². The molecule has 0 aliphatic carbocycles. The van der Waals surface area contributed by atoms with Crippen LogP contribution in [-0.4, -0.2) is 32.5 Å². The number of nitrogens with one attached hydrogen (secondary N) is 1. The second-order valence-electron chi connectivity index (χ2n) is 5.99. The van der Waals surface area contributed by atoms with E-state index in [4.69, 9.17) is 4.42 Å². The van der Waals surface area contributed by atoms with Crippen LogP contribution < -0.4 is 5.32 Å². The normalized spacial score (nSPS) is 11.1. The van der Waals surface area contributed by atoms with Gasteiger partial charge in [0.05, 0.1) is 17.7 Å². The van der Waals surface area contributed by atoms with Crippen LogP contribution in [0.5, 0.6) is 5.75 Å². The number of carbonyl (C=O) groups is 2. The SMILES string of the molecule is COC(=O)c1cccc(NC(=O)c2ccc(CS(=O)(=O)c3ccccc3)o2)c1O. The molecule has 0 bridgehead atoms. The molecule has 2 aromatic carbocycles. The first-order valence-electron chi connectivity index (χ1n) is 8.40. The molecule has 0 fully saturated rings. The van der Waals surface area contributed by atoms with E-state index in [1.807, 2.05) is 0 Å². The molecule has 0 radical (unpaired) electrons. The van der Waals surface area contributed by atoms with Gasteiger partial charge in [-0.15, -0.1) is 0 Å². The monoisotopic (exact) mass is 415 g/mol. The zero-order valence-corrected chi connectivity index (χ0v) is 16.1. The number of rotatable bonds is 6. The molecule has 29 heavy (non-hydrogen) atoms. The maximum Gasteiger partial charge on any atom is 0.341 e. The van der Waals surface area contributed by atoms with E-state index < -0.39 is 33.2 Å². The molecule has 9 heteroatoms. The van der Waals surface area contributed by atoms with Crippen LogP contribution in [-0.2, 0) is 20.3 Å². The third-order valence-corrected chi connectivity index (χ3v) is 5.66. The fraction of sp³-hybridized carbons (Fsp3) is 0.100. The highest BCUT2D eigenvalue weighted by molar-refractivity contribution is 7.90. The molecule has 3 aromatic rings. The number of para-hydroxylation sites is 1. The van der Waals surface area contributed by atoms with Crippen LogP contribution >= 0.6 is 0 Å². The highest BCUT2D eigenvalue weighted by Gasteiger charge is 2.21. The highest BCUT2D eigenvalue weighted by Crippen LogP contribution is 2.28. The van der Waals surface area contributed by atoms with Crippen LogP contribution in [0.25, 0.3) is 0 Å². The Morgan fingerprint density at radius 1 is 1.03 bits per heavy atom. The van der Waals surface area contributed by atoms with E-state index in [0.29, 0.717) is 0 Å². The van der Waals surface area contributed by atoms with Crippen molar-refractivity contribution in [2.45, 2.75) is 10.6 Å². The first kappa shape index (κ1) is 20.2. The Labute approximate surface area is 166 Å². The maximum atomic E-state index is 12.4. The molecule has 150 valence electrons. The number of phenolic OH excluding ortho intramolecular Hbond substituents is 1. The molecule has 3 rings (SSSR count). The second-order valence-corrected chi connectivity index (χ2v) is 7.98. The Balaban J connectivity index is 1.76. The summed E-state index contributed by atoms with van der Waals surface area (Å²) in [7, 11) is -2.46. The quantitative estimate of drug-likeness (QED) is 0.469. The molecule has 0 saturated heterocycles. The number of amides is 1. The number of sulfone groups is 1. The van der Waals surface area contributed by atoms with E-state index in [1.165, 1.54) is 49.6 Å². The topological polar surface area (TPSA) is 123 Å². The smallest absolute Gasteiger partial charge is 0.341 e. The number of aromatic hydroxyl groups is 1. The first-order valence-corrected chi connectivity index (χ1v) is 10.0. The summed E-state index contributed by atoms with van der Waals surface area (Å²) in [5, 5.41) is 12.6. The predicted octanol–water partition coefficient (Wildman–Crippen LogP) is 3.00. The molecule has 8 nitrogen and oxygen atoms in total. The summed E-state index contributed by atoms with van der Waals surface area (Å²) < 4.78 is 34.7. The summed E-state index contributed by atoms with van der Waals surface area (Å²) in [6.07, 6.45) is 0. The minimum Gasteiger partial charge on any atom is -0.505 e. The van der Waals surface area contributed by atoms with Gasteiger partial charge in [0.1, 0.15) is 17.1 Å². The van der Waals surface area contributed by atoms with Crippen molar-refractivity contribution >= 4 is 27.4 Å². The van der Waals surface area contributed by atoms with Gasteiger partial charge >= 0.3 is 5.97 Å². The number of ether oxygens (including phenoxy) is 1. The van der Waals surface area contributed by atoms with Gasteiger partial charge in [-0.2, -0.15) is 0 Å². The van der Waals surface area contributed by atoms with Crippen molar-refractivity contribution in [2.75, 3.05) is 12.4 Å². The number of anilines is 1. The Bertz CT molecular complexity index is 1150. The molecule has 0 spiro atoms. The average Bonchev–Trinajstić information content (AvgIpc) is 3.17. The molecule has 2 N–H and O–H groups in total. The van der Waals surface area contributed by atoms with Crippen molar-refractivity contribution in [2.24, 2.45) is 0 Å². The molecular weight excluding hydrogens is 398 g/mol. The standard InChI is InChI=1S/C20H17NO7S/c1-27-20(24)15-8-5-9-16(18(15)22)21-19(23)17-11-10-13(28-17)12-29(25,26)14-6-3-2-4-7-14/h2-11,22H,12H2,1H3,(H,21,23). The van der Waals surface area contributed by atoms with Gasteiger partial charge in [0, 0.05) is 0 Å². The minimum absolute atomic E-state index is 0.0206. The molecular formula is C20H17NO7S. The maximum absolute atomic E-state index is 12.4. The van der Waals surface area contributed by atoms with Crippen molar-refractivity contribution in [3.8, 4) is 5.75 Å². The van der Waals surface area contributed by atoms with Crippen LogP contribution in [0.4, 0.5) is 5.69 Å². The van der Waals surface area contributed by atoms with Gasteiger partial charge in [-0.1, -0.05) is 24.3 Å². The lowest BCUT2D eigenvalue weighted by Crippen LogP contribution is -2.12. The number of phenols is 1. The molecule has 1 aromatic heterocycles. The average molecular weight is 415 g/mol. The number of carbonyl (C=O) groups excluding carboxylic acids is 2. The third kappa shape index (κ3) is 4.46. The fourth-order valence-electron chi connectivity index (χ4n) is 2.58. The van der Waals surface area contributed by atoms with Gasteiger partial charge in [-0.05, 0) is 36.4 Å². The molecule has 0 aliphatic heterocycles. The molecule has 0 unspecified atom stereocenters. The highest BCUT2D eigenvalue weighted by atomic mass is 32.2. The predicted molar refractivity (Wildman–Crippen MR) is 103 cm³/mol. The van der Waals surface area contributed by atoms with Gasteiger partial charge in [0.15, 0.2) is 21.3 Å². The second kappa shape index (κ2) is 8.19. The summed E-state index contributed by atoms with van der Waals surface area (Å²) in [6.45, 7) is 0. The van der Waals surface area contributed by atoms with Crippen LogP contribution in [0.1, 0.15) is 26.7 Å².